The van der Waals surface area contributed by atoms with Crippen molar-refractivity contribution in [3.8, 4) is 5.75 Å². The molecule has 2 aromatic rings. The first-order valence-electron chi connectivity index (χ1n) is 10.9. The van der Waals surface area contributed by atoms with Crippen LogP contribution in [0.4, 0.5) is 10.5 Å². The third-order valence-electron chi connectivity index (χ3n) is 5.88. The molecule has 2 aromatic carbocycles. The zero-order valence-corrected chi connectivity index (χ0v) is 18.1. The molecule has 1 aliphatic carbocycles. The minimum absolute atomic E-state index is 0.112. The fourth-order valence-corrected chi connectivity index (χ4v) is 4.00. The van der Waals surface area contributed by atoms with Gasteiger partial charge in [-0.05, 0) is 62.8 Å². The zero-order chi connectivity index (χ0) is 21.8. The molecule has 164 valence electrons. The van der Waals surface area contributed by atoms with Crippen molar-refractivity contribution in [3.63, 3.8) is 0 Å². The van der Waals surface area contributed by atoms with Gasteiger partial charge in [-0.3, -0.25) is 10.1 Å². The van der Waals surface area contributed by atoms with Gasteiger partial charge < -0.3 is 15.1 Å². The lowest BCUT2D eigenvalue weighted by atomic mass is 9.94. The largest absolute Gasteiger partial charge is 0.490 e. The molecule has 7 nitrogen and oxygen atoms in total. The number of rotatable bonds is 8. The van der Waals surface area contributed by atoms with E-state index < -0.39 is 0 Å². The van der Waals surface area contributed by atoms with Gasteiger partial charge in [-0.15, -0.1) is 0 Å². The lowest BCUT2D eigenvalue weighted by Crippen LogP contribution is -2.40. The van der Waals surface area contributed by atoms with Gasteiger partial charge in [-0.2, -0.15) is 0 Å². The second kappa shape index (κ2) is 8.98. The smallest absolute Gasteiger partial charge is 0.324 e. The summed E-state index contributed by atoms with van der Waals surface area (Å²) in [5, 5.41) is 2.30. The maximum Gasteiger partial charge on any atom is 0.324 e. The SMILES string of the molecule is CC(C)(NNc1cccc(OC2CCCC2)c1)c1ccc(CN2CC(=O)NC2=O)cc1. The molecule has 0 bridgehead atoms. The van der Waals surface area contributed by atoms with Gasteiger partial charge >= 0.3 is 6.03 Å². The Morgan fingerprint density at radius 2 is 1.84 bits per heavy atom. The topological polar surface area (TPSA) is 82.7 Å². The van der Waals surface area contributed by atoms with Crippen LogP contribution in [0.25, 0.3) is 0 Å². The number of ether oxygens (including phenoxy) is 1. The molecular weight excluding hydrogens is 392 g/mol. The summed E-state index contributed by atoms with van der Waals surface area (Å²) >= 11 is 0. The van der Waals surface area contributed by atoms with E-state index >= 15 is 0 Å². The standard InChI is InChI=1S/C24H30N4O3/c1-24(2,18-12-10-17(11-13-18)15-28-16-22(29)25-23(28)30)27-26-19-6-5-9-21(14-19)31-20-7-3-4-8-20/h5-6,9-14,20,26-27H,3-4,7-8,15-16H2,1-2H3,(H,25,29,30). The molecule has 0 spiro atoms. The van der Waals surface area contributed by atoms with E-state index in [0.29, 0.717) is 12.6 Å². The minimum atomic E-state index is -0.334. The van der Waals surface area contributed by atoms with Crippen LogP contribution >= 0.6 is 0 Å². The Morgan fingerprint density at radius 3 is 2.52 bits per heavy atom. The zero-order valence-electron chi connectivity index (χ0n) is 18.1. The summed E-state index contributed by atoms with van der Waals surface area (Å²) in [6, 6.07) is 15.8. The molecule has 2 aliphatic rings. The summed E-state index contributed by atoms with van der Waals surface area (Å²) in [5.74, 6) is 0.640. The molecule has 7 heteroatoms. The number of carbonyl (C=O) groups is 2. The molecule has 1 saturated carbocycles. The van der Waals surface area contributed by atoms with E-state index in [1.54, 1.807) is 0 Å². The second-order valence-corrected chi connectivity index (χ2v) is 8.83. The quantitative estimate of drug-likeness (QED) is 0.444. The van der Waals surface area contributed by atoms with Gasteiger partial charge in [0.05, 0.1) is 17.3 Å². The lowest BCUT2D eigenvalue weighted by Gasteiger charge is -2.28. The highest BCUT2D eigenvalue weighted by atomic mass is 16.5. The highest BCUT2D eigenvalue weighted by Crippen LogP contribution is 2.26. The molecule has 2 fully saturated rings. The predicted molar refractivity (Wildman–Crippen MR) is 120 cm³/mol. The molecule has 3 N–H and O–H groups in total. The number of hydrogen-bond acceptors (Lipinski definition) is 5. The summed E-state index contributed by atoms with van der Waals surface area (Å²) in [4.78, 5) is 24.6. The number of anilines is 1. The van der Waals surface area contributed by atoms with Crippen LogP contribution in [0.1, 0.15) is 50.7 Å². The number of hydrazine groups is 1. The molecular formula is C24H30N4O3. The van der Waals surface area contributed by atoms with Gasteiger partial charge in [-0.1, -0.05) is 30.3 Å². The number of benzene rings is 2. The maximum absolute atomic E-state index is 11.7. The lowest BCUT2D eigenvalue weighted by molar-refractivity contribution is -0.118. The van der Waals surface area contributed by atoms with E-state index in [1.165, 1.54) is 17.7 Å². The van der Waals surface area contributed by atoms with Crippen LogP contribution in [0.3, 0.4) is 0 Å². The van der Waals surface area contributed by atoms with Gasteiger partial charge in [0.1, 0.15) is 12.3 Å². The Hall–Kier alpha value is -3.06. The maximum atomic E-state index is 11.7. The molecule has 3 amide bonds. The van der Waals surface area contributed by atoms with Crippen molar-refractivity contribution >= 4 is 17.6 Å². The number of hydrogen-bond donors (Lipinski definition) is 3. The average molecular weight is 423 g/mol. The summed E-state index contributed by atoms with van der Waals surface area (Å²) in [5.41, 5.74) is 9.40. The molecule has 0 unspecified atom stereocenters. The molecule has 0 atom stereocenters. The highest BCUT2D eigenvalue weighted by molar-refractivity contribution is 6.01. The molecule has 4 rings (SSSR count). The van der Waals surface area contributed by atoms with Crippen LogP contribution in [0.5, 0.6) is 5.75 Å². The summed E-state index contributed by atoms with van der Waals surface area (Å²) in [6.07, 6.45) is 5.11. The molecule has 0 aromatic heterocycles. The van der Waals surface area contributed by atoms with Gasteiger partial charge in [0.25, 0.3) is 0 Å². The average Bonchev–Trinajstić information content (AvgIpc) is 3.36. The normalized spacial score (nSPS) is 17.2. The highest BCUT2D eigenvalue weighted by Gasteiger charge is 2.27. The van der Waals surface area contributed by atoms with Crippen molar-refractivity contribution in [2.45, 2.75) is 57.7 Å². The molecule has 1 heterocycles. The van der Waals surface area contributed by atoms with Crippen molar-refractivity contribution in [2.24, 2.45) is 0 Å². The van der Waals surface area contributed by atoms with Crippen LogP contribution in [0.2, 0.25) is 0 Å². The van der Waals surface area contributed by atoms with Crippen molar-refractivity contribution in [2.75, 3.05) is 12.0 Å². The third kappa shape index (κ3) is 5.35. The van der Waals surface area contributed by atoms with Gasteiger partial charge in [-0.25, -0.2) is 10.2 Å². The van der Waals surface area contributed by atoms with Crippen molar-refractivity contribution < 1.29 is 14.3 Å². The van der Waals surface area contributed by atoms with Crippen LogP contribution < -0.4 is 20.9 Å². The van der Waals surface area contributed by atoms with E-state index in [1.807, 2.05) is 48.5 Å². The summed E-state index contributed by atoms with van der Waals surface area (Å²) in [6.45, 7) is 4.72. The number of urea groups is 1. The van der Waals surface area contributed by atoms with Crippen LogP contribution in [-0.2, 0) is 16.9 Å². The van der Waals surface area contributed by atoms with Gasteiger partial charge in [0, 0.05) is 12.6 Å². The fourth-order valence-electron chi connectivity index (χ4n) is 4.00. The summed E-state index contributed by atoms with van der Waals surface area (Å²) in [7, 11) is 0. The van der Waals surface area contributed by atoms with E-state index in [-0.39, 0.29) is 24.0 Å². The summed E-state index contributed by atoms with van der Waals surface area (Å²) < 4.78 is 6.09. The number of imide groups is 1. The van der Waals surface area contributed by atoms with Crippen LogP contribution in [-0.4, -0.2) is 29.5 Å². The number of carbonyl (C=O) groups excluding carboxylic acids is 2. The predicted octanol–water partition coefficient (Wildman–Crippen LogP) is 3.91. The first-order valence-corrected chi connectivity index (χ1v) is 10.9. The Balaban J connectivity index is 1.34. The van der Waals surface area contributed by atoms with Crippen molar-refractivity contribution in [1.29, 1.82) is 0 Å². The Morgan fingerprint density at radius 1 is 1.10 bits per heavy atom. The Kier molecular flexibility index (Phi) is 6.13. The van der Waals surface area contributed by atoms with Crippen molar-refractivity contribution in [1.82, 2.24) is 15.6 Å². The minimum Gasteiger partial charge on any atom is -0.490 e. The van der Waals surface area contributed by atoms with E-state index in [9.17, 15) is 9.59 Å². The fraction of sp³-hybridized carbons (Fsp3) is 0.417. The van der Waals surface area contributed by atoms with Crippen LogP contribution in [0, 0.1) is 0 Å². The van der Waals surface area contributed by atoms with E-state index in [2.05, 4.69) is 30.0 Å². The Labute approximate surface area is 183 Å². The number of amides is 3. The monoisotopic (exact) mass is 422 g/mol. The number of nitrogens with zero attached hydrogens (tertiary/aromatic N) is 1. The first kappa shape index (κ1) is 21.2. The van der Waals surface area contributed by atoms with Gasteiger partial charge in [0.15, 0.2) is 0 Å². The third-order valence-corrected chi connectivity index (χ3v) is 5.88. The van der Waals surface area contributed by atoms with E-state index in [0.717, 1.165) is 35.4 Å². The van der Waals surface area contributed by atoms with Crippen molar-refractivity contribution in [3.05, 3.63) is 59.7 Å². The second-order valence-electron chi connectivity index (χ2n) is 8.83. The molecule has 1 saturated heterocycles. The van der Waals surface area contributed by atoms with Gasteiger partial charge in [0.2, 0.25) is 5.91 Å². The van der Waals surface area contributed by atoms with Crippen LogP contribution in [0.15, 0.2) is 48.5 Å². The molecule has 31 heavy (non-hydrogen) atoms. The van der Waals surface area contributed by atoms with E-state index in [4.69, 9.17) is 4.74 Å². The molecule has 1 aliphatic heterocycles. The first-order chi connectivity index (χ1) is 14.9. The number of nitrogens with one attached hydrogen (secondary N) is 3. The molecule has 0 radical (unpaired) electrons. The Bertz CT molecular complexity index is 936.